The van der Waals surface area contributed by atoms with Crippen LogP contribution in [0.3, 0.4) is 0 Å². The molecule has 0 saturated heterocycles. The first-order chi connectivity index (χ1) is 6.47. The summed E-state index contributed by atoms with van der Waals surface area (Å²) in [6.45, 7) is 9.78. The van der Waals surface area contributed by atoms with Crippen molar-refractivity contribution in [3.8, 4) is 0 Å². The van der Waals surface area contributed by atoms with Crippen LogP contribution >= 0.6 is 0 Å². The highest BCUT2D eigenvalue weighted by Crippen LogP contribution is 2.28. The van der Waals surface area contributed by atoms with Gasteiger partial charge in [0.2, 0.25) is 0 Å². The summed E-state index contributed by atoms with van der Waals surface area (Å²) in [6.07, 6.45) is 2.88. The molecule has 0 aromatic carbocycles. The molecule has 0 unspecified atom stereocenters. The lowest BCUT2D eigenvalue weighted by molar-refractivity contribution is 0.111. The van der Waals surface area contributed by atoms with Crippen molar-refractivity contribution in [1.29, 1.82) is 0 Å². The molecule has 78 valence electrons. The Morgan fingerprint density at radius 3 is 2.64 bits per heavy atom. The largest absolute Gasteiger partial charge is 0.345 e. The van der Waals surface area contributed by atoms with Gasteiger partial charge in [-0.3, -0.25) is 4.79 Å². The molecule has 2 heteroatoms. The Bertz CT molecular complexity index is 310. The lowest BCUT2D eigenvalue weighted by Crippen LogP contribution is -2.26. The fourth-order valence-electron chi connectivity index (χ4n) is 1.30. The fourth-order valence-corrected chi connectivity index (χ4v) is 1.30. The minimum atomic E-state index is 0.219. The van der Waals surface area contributed by atoms with Gasteiger partial charge < -0.3 is 4.57 Å². The van der Waals surface area contributed by atoms with E-state index in [0.717, 1.165) is 18.5 Å². The molecule has 0 aliphatic rings. The third-order valence-electron chi connectivity index (χ3n) is 3.13. The van der Waals surface area contributed by atoms with Gasteiger partial charge in [-0.15, -0.1) is 0 Å². The molecule has 1 aromatic heterocycles. The number of carbonyl (C=O) groups is 1. The van der Waals surface area contributed by atoms with Gasteiger partial charge in [-0.05, 0) is 23.5 Å². The third-order valence-corrected chi connectivity index (χ3v) is 3.13. The van der Waals surface area contributed by atoms with Gasteiger partial charge >= 0.3 is 0 Å². The Morgan fingerprint density at radius 1 is 1.50 bits per heavy atom. The standard InChI is InChI=1S/C12H19NO/c1-10(2)12(3,4)9-13-7-5-6-11(13)8-14/h5-8,10H,9H2,1-4H3. The first-order valence-electron chi connectivity index (χ1n) is 5.07. The van der Waals surface area contributed by atoms with Gasteiger partial charge in [-0.25, -0.2) is 0 Å². The van der Waals surface area contributed by atoms with Crippen LogP contribution in [0.2, 0.25) is 0 Å². The molecule has 2 nitrogen and oxygen atoms in total. The van der Waals surface area contributed by atoms with E-state index in [9.17, 15) is 4.79 Å². The van der Waals surface area contributed by atoms with Gasteiger partial charge in [-0.1, -0.05) is 27.7 Å². The summed E-state index contributed by atoms with van der Waals surface area (Å²) >= 11 is 0. The van der Waals surface area contributed by atoms with E-state index in [1.54, 1.807) is 0 Å². The molecule has 0 atom stereocenters. The lowest BCUT2D eigenvalue weighted by atomic mass is 9.81. The highest BCUT2D eigenvalue weighted by atomic mass is 16.1. The van der Waals surface area contributed by atoms with Gasteiger partial charge in [0.05, 0.1) is 5.69 Å². The smallest absolute Gasteiger partial charge is 0.166 e. The van der Waals surface area contributed by atoms with Gasteiger partial charge in [-0.2, -0.15) is 0 Å². The molecule has 0 bridgehead atoms. The van der Waals surface area contributed by atoms with Crippen molar-refractivity contribution in [3.05, 3.63) is 24.0 Å². The molecule has 0 amide bonds. The van der Waals surface area contributed by atoms with Crippen LogP contribution < -0.4 is 0 Å². The second-order valence-electron chi connectivity index (χ2n) is 4.82. The summed E-state index contributed by atoms with van der Waals surface area (Å²) in [7, 11) is 0. The van der Waals surface area contributed by atoms with Crippen molar-refractivity contribution >= 4 is 6.29 Å². The topological polar surface area (TPSA) is 22.0 Å². The number of nitrogens with zero attached hydrogens (tertiary/aromatic N) is 1. The van der Waals surface area contributed by atoms with Crippen LogP contribution in [-0.2, 0) is 6.54 Å². The molecular weight excluding hydrogens is 174 g/mol. The Balaban J connectivity index is 2.83. The average Bonchev–Trinajstić information content (AvgIpc) is 2.50. The Morgan fingerprint density at radius 2 is 2.14 bits per heavy atom. The normalized spacial score (nSPS) is 12.1. The molecule has 0 saturated carbocycles. The van der Waals surface area contributed by atoms with Crippen molar-refractivity contribution in [2.45, 2.75) is 34.2 Å². The summed E-state index contributed by atoms with van der Waals surface area (Å²) in [5, 5.41) is 0. The van der Waals surface area contributed by atoms with Gasteiger partial charge in [0, 0.05) is 12.7 Å². The second-order valence-corrected chi connectivity index (χ2v) is 4.82. The van der Waals surface area contributed by atoms with Crippen LogP contribution in [0.15, 0.2) is 18.3 Å². The first-order valence-corrected chi connectivity index (χ1v) is 5.07. The van der Waals surface area contributed by atoms with E-state index in [4.69, 9.17) is 0 Å². The summed E-state index contributed by atoms with van der Waals surface area (Å²) in [5.74, 6) is 0.601. The van der Waals surface area contributed by atoms with Crippen LogP contribution in [0, 0.1) is 11.3 Å². The van der Waals surface area contributed by atoms with E-state index < -0.39 is 0 Å². The maximum atomic E-state index is 10.7. The highest BCUT2D eigenvalue weighted by molar-refractivity contribution is 5.72. The quantitative estimate of drug-likeness (QED) is 0.674. The first kappa shape index (κ1) is 11.0. The number of carbonyl (C=O) groups excluding carboxylic acids is 1. The second kappa shape index (κ2) is 3.99. The molecule has 1 rings (SSSR count). The molecule has 0 radical (unpaired) electrons. The van der Waals surface area contributed by atoms with Crippen molar-refractivity contribution in [3.63, 3.8) is 0 Å². The minimum Gasteiger partial charge on any atom is -0.345 e. The zero-order chi connectivity index (χ0) is 10.8. The van der Waals surface area contributed by atoms with Gasteiger partial charge in [0.25, 0.3) is 0 Å². The summed E-state index contributed by atoms with van der Waals surface area (Å²) in [5.41, 5.74) is 0.982. The molecule has 0 spiro atoms. The zero-order valence-corrected chi connectivity index (χ0v) is 9.45. The Kier molecular flexibility index (Phi) is 3.14. The minimum absolute atomic E-state index is 0.219. The van der Waals surface area contributed by atoms with Crippen LogP contribution in [-0.4, -0.2) is 10.9 Å². The number of aromatic nitrogens is 1. The molecule has 0 fully saturated rings. The monoisotopic (exact) mass is 193 g/mol. The van der Waals surface area contributed by atoms with Crippen LogP contribution in [0.1, 0.15) is 38.2 Å². The van der Waals surface area contributed by atoms with Crippen LogP contribution in [0.5, 0.6) is 0 Å². The van der Waals surface area contributed by atoms with E-state index in [-0.39, 0.29) is 5.41 Å². The molecule has 1 heterocycles. The predicted octanol–water partition coefficient (Wildman–Crippen LogP) is 2.98. The summed E-state index contributed by atoms with van der Waals surface area (Å²) < 4.78 is 2.02. The third kappa shape index (κ3) is 2.25. The van der Waals surface area contributed by atoms with Gasteiger partial charge in [0.1, 0.15) is 0 Å². The molecule has 1 aromatic rings. The SMILES string of the molecule is CC(C)C(C)(C)Cn1cccc1C=O. The van der Waals surface area contributed by atoms with Crippen molar-refractivity contribution in [2.24, 2.45) is 11.3 Å². The van der Waals surface area contributed by atoms with Crippen LogP contribution in [0.4, 0.5) is 0 Å². The number of aldehydes is 1. The molecule has 0 aliphatic heterocycles. The van der Waals surface area contributed by atoms with E-state index in [2.05, 4.69) is 27.7 Å². The molecule has 0 aliphatic carbocycles. The lowest BCUT2D eigenvalue weighted by Gasteiger charge is -2.30. The highest BCUT2D eigenvalue weighted by Gasteiger charge is 2.23. The Hall–Kier alpha value is -1.05. The number of rotatable bonds is 4. The average molecular weight is 193 g/mol. The summed E-state index contributed by atoms with van der Waals surface area (Å²) in [6, 6.07) is 3.77. The number of hydrogen-bond acceptors (Lipinski definition) is 1. The van der Waals surface area contributed by atoms with E-state index in [1.165, 1.54) is 0 Å². The predicted molar refractivity (Wildman–Crippen MR) is 58.4 cm³/mol. The summed E-state index contributed by atoms with van der Waals surface area (Å²) in [4.78, 5) is 10.7. The van der Waals surface area contributed by atoms with Crippen LogP contribution in [0.25, 0.3) is 0 Å². The van der Waals surface area contributed by atoms with Gasteiger partial charge in [0.15, 0.2) is 6.29 Å². The van der Waals surface area contributed by atoms with Crippen molar-refractivity contribution in [2.75, 3.05) is 0 Å². The maximum absolute atomic E-state index is 10.7. The fraction of sp³-hybridized carbons (Fsp3) is 0.583. The van der Waals surface area contributed by atoms with Crippen molar-refractivity contribution in [1.82, 2.24) is 4.57 Å². The van der Waals surface area contributed by atoms with E-state index >= 15 is 0 Å². The van der Waals surface area contributed by atoms with E-state index in [0.29, 0.717) is 5.92 Å². The van der Waals surface area contributed by atoms with Crippen molar-refractivity contribution < 1.29 is 4.79 Å². The number of hydrogen-bond donors (Lipinski definition) is 0. The van der Waals surface area contributed by atoms with E-state index in [1.807, 2.05) is 22.9 Å². The Labute approximate surface area is 85.9 Å². The molecular formula is C12H19NO. The molecule has 14 heavy (non-hydrogen) atoms. The zero-order valence-electron chi connectivity index (χ0n) is 9.45. The molecule has 0 N–H and O–H groups in total. The maximum Gasteiger partial charge on any atom is 0.166 e.